The van der Waals surface area contributed by atoms with Gasteiger partial charge in [0.25, 0.3) is 34.4 Å². The fourth-order valence-electron chi connectivity index (χ4n) is 12.2. The molecule has 100 heavy (non-hydrogen) atoms. The third kappa shape index (κ3) is 15.6. The van der Waals surface area contributed by atoms with Gasteiger partial charge in [-0.05, 0) is 172 Å². The number of hydrogen-bond acceptors (Lipinski definition) is 13. The Morgan fingerprint density at radius 2 is 0.700 bits per heavy atom. The first-order valence-corrected chi connectivity index (χ1v) is 33.1. The van der Waals surface area contributed by atoms with E-state index in [0.717, 1.165) is 113 Å². The minimum Gasteiger partial charge on any atom is -0.444 e. The van der Waals surface area contributed by atoms with Crippen LogP contribution in [0.15, 0.2) is 215 Å². The lowest BCUT2D eigenvalue weighted by Crippen LogP contribution is -2.51. The smallest absolute Gasteiger partial charge is 0.410 e. The number of ether oxygens (including phenoxy) is 1. The molecule has 6 aromatic carbocycles. The molecule has 23 nitrogen and oxygen atoms in total. The number of likely N-dealkylation sites (tertiary alicyclic amines) is 1. The number of carbonyl (C=O) groups excluding carboxylic acids is 5. The molecule has 3 N–H and O–H groups in total. The molecular formula is C77H76N14O9. The maximum Gasteiger partial charge on any atom is 0.410 e. The zero-order chi connectivity index (χ0) is 70.0. The van der Waals surface area contributed by atoms with Gasteiger partial charge >= 0.3 is 6.09 Å². The fourth-order valence-corrected chi connectivity index (χ4v) is 12.2. The quantitative estimate of drug-likeness (QED) is 0.122. The van der Waals surface area contributed by atoms with Gasteiger partial charge in [0.15, 0.2) is 0 Å². The van der Waals surface area contributed by atoms with Crippen LogP contribution in [-0.4, -0.2) is 177 Å². The Bertz CT molecular complexity index is 5100. The van der Waals surface area contributed by atoms with Crippen LogP contribution in [0.4, 0.5) is 4.79 Å². The molecule has 15 rings (SSSR count). The number of hydrogen-bond donors (Lipinski definition) is 3. The number of carbonyl (C=O) groups is 5. The molecule has 3 fully saturated rings. The highest BCUT2D eigenvalue weighted by Gasteiger charge is 2.29. The second-order valence-corrected chi connectivity index (χ2v) is 25.7. The van der Waals surface area contributed by atoms with Crippen LogP contribution in [0.3, 0.4) is 0 Å². The highest BCUT2D eigenvalue weighted by Crippen LogP contribution is 2.26. The molecule has 4 amide bonds. The van der Waals surface area contributed by atoms with Gasteiger partial charge in [0, 0.05) is 134 Å². The Hall–Kier alpha value is -12.1. The van der Waals surface area contributed by atoms with E-state index in [4.69, 9.17) is 9.53 Å². The second kappa shape index (κ2) is 30.1. The summed E-state index contributed by atoms with van der Waals surface area (Å²) in [5, 5.41) is 16.1. The number of nitrogens with zero attached hydrogens (tertiary/aromatic N) is 11. The molecule has 508 valence electrons. The van der Waals surface area contributed by atoms with Crippen molar-refractivity contribution in [1.82, 2.24) is 68.8 Å². The summed E-state index contributed by atoms with van der Waals surface area (Å²) < 4.78 is 10.5. The summed E-state index contributed by atoms with van der Waals surface area (Å²) in [5.41, 5.74) is 9.66. The number of H-pyrrole nitrogens is 3. The predicted molar refractivity (Wildman–Crippen MR) is 385 cm³/mol. The van der Waals surface area contributed by atoms with Crippen LogP contribution in [0.25, 0.3) is 83.2 Å². The van der Waals surface area contributed by atoms with Gasteiger partial charge in [-0.15, -0.1) is 0 Å². The van der Waals surface area contributed by atoms with Gasteiger partial charge in [-0.1, -0.05) is 54.6 Å². The molecule has 0 bridgehead atoms. The second-order valence-electron chi connectivity index (χ2n) is 25.7. The number of amides is 4. The zero-order valence-corrected chi connectivity index (χ0v) is 56.0. The average molecular weight is 1340 g/mol. The van der Waals surface area contributed by atoms with Crippen molar-refractivity contribution in [2.75, 3.05) is 72.5 Å². The monoisotopic (exact) mass is 1340 g/mol. The van der Waals surface area contributed by atoms with Crippen molar-refractivity contribution in [3.63, 3.8) is 0 Å². The number of aromatic amines is 3. The Balaban J connectivity index is 0.000000141. The number of piperidine rings is 1. The number of para-hydroxylation sites is 3. The van der Waals surface area contributed by atoms with Gasteiger partial charge in [-0.3, -0.25) is 28.8 Å². The summed E-state index contributed by atoms with van der Waals surface area (Å²) in [7, 11) is 2.07. The third-order valence-corrected chi connectivity index (χ3v) is 17.7. The summed E-state index contributed by atoms with van der Waals surface area (Å²) in [6.45, 7) is 14.2. The Morgan fingerprint density at radius 3 is 1.03 bits per heavy atom. The van der Waals surface area contributed by atoms with Crippen LogP contribution < -0.4 is 16.7 Å². The molecule has 3 saturated heterocycles. The van der Waals surface area contributed by atoms with Crippen molar-refractivity contribution in [3.05, 3.63) is 249 Å². The number of piperazine rings is 2. The van der Waals surface area contributed by atoms with Gasteiger partial charge in [0.1, 0.15) is 12.4 Å². The predicted octanol–water partition coefficient (Wildman–Crippen LogP) is 10.7. The normalized spacial score (nSPS) is 14.1. The fraction of sp³-hybridized carbons (Fsp3) is 0.234. The summed E-state index contributed by atoms with van der Waals surface area (Å²) in [4.78, 5) is 115. The average Bonchev–Trinajstić information content (AvgIpc) is 1.33. The molecule has 3 aliphatic heterocycles. The lowest BCUT2D eigenvalue weighted by Gasteiger charge is -2.35. The van der Waals surface area contributed by atoms with E-state index < -0.39 is 5.60 Å². The summed E-state index contributed by atoms with van der Waals surface area (Å²) in [6, 6.07) is 50.7. The molecular weight excluding hydrogens is 1260 g/mol. The van der Waals surface area contributed by atoms with Crippen molar-refractivity contribution >= 4 is 63.3 Å². The Kier molecular flexibility index (Phi) is 20.4. The molecule has 0 unspecified atom stereocenters. The maximum atomic E-state index is 13.0. The number of pyridine rings is 3. The maximum absolute atomic E-state index is 13.0. The first-order chi connectivity index (χ1) is 48.4. The topological polar surface area (TPSA) is 263 Å². The number of aromatic nitrogens is 9. The largest absolute Gasteiger partial charge is 0.444 e. The van der Waals surface area contributed by atoms with E-state index in [1.165, 1.54) is 6.42 Å². The SMILES string of the molecule is C=O.CC(C)(C)OC(=O)N1CCN(C(=O)c2ccc(-n3cc(-c4cc5ccccc5[nH]c4=O)cn3)cc2)CC1.CN1CCN(C(=O)c2ccc(-n3cc(-c4cc5ccccc5[nH]c4=O)cn3)cc2)CC1.O=C(c1ccc(-n2cc(-c3cc4ccccc4[nH]c3=O)cn2)cc1)N1CCCCC1. The van der Waals surface area contributed by atoms with Crippen LogP contribution >= 0.6 is 0 Å². The molecule has 12 aromatic rings. The highest BCUT2D eigenvalue weighted by atomic mass is 16.6. The summed E-state index contributed by atoms with van der Waals surface area (Å²) in [5.74, 6) is 0.0628. The van der Waals surface area contributed by atoms with Gasteiger partial charge in [-0.2, -0.15) is 15.3 Å². The number of fused-ring (bicyclic) bond motifs is 3. The van der Waals surface area contributed by atoms with Crippen LogP contribution in [-0.2, 0) is 9.53 Å². The zero-order valence-electron chi connectivity index (χ0n) is 56.0. The van der Waals surface area contributed by atoms with E-state index in [-0.39, 0.29) is 40.5 Å². The number of rotatable bonds is 9. The summed E-state index contributed by atoms with van der Waals surface area (Å²) in [6.07, 6.45) is 13.5. The summed E-state index contributed by atoms with van der Waals surface area (Å²) >= 11 is 0. The molecule has 0 radical (unpaired) electrons. The minimum atomic E-state index is -0.549. The van der Waals surface area contributed by atoms with Gasteiger partial charge in [0.05, 0.1) is 52.3 Å². The van der Waals surface area contributed by atoms with E-state index in [0.29, 0.717) is 65.1 Å². The number of benzene rings is 6. The minimum absolute atomic E-state index is 0.0588. The van der Waals surface area contributed by atoms with Crippen LogP contribution in [0.2, 0.25) is 0 Å². The lowest BCUT2D eigenvalue weighted by molar-refractivity contribution is -0.0980. The van der Waals surface area contributed by atoms with Gasteiger partial charge < -0.3 is 49.0 Å². The van der Waals surface area contributed by atoms with Crippen molar-refractivity contribution in [3.8, 4) is 50.4 Å². The van der Waals surface area contributed by atoms with E-state index >= 15 is 0 Å². The number of likely N-dealkylation sites (N-methyl/N-ethyl adjacent to an activating group) is 1. The third-order valence-electron chi connectivity index (χ3n) is 17.7. The van der Waals surface area contributed by atoms with Crippen molar-refractivity contribution in [2.45, 2.75) is 45.6 Å². The van der Waals surface area contributed by atoms with Gasteiger partial charge in [-0.25, -0.2) is 18.8 Å². The molecule has 23 heteroatoms. The van der Waals surface area contributed by atoms with E-state index in [9.17, 15) is 33.6 Å². The van der Waals surface area contributed by atoms with E-state index in [1.807, 2.05) is 201 Å². The molecule has 0 aliphatic carbocycles. The van der Waals surface area contributed by atoms with Crippen LogP contribution in [0.5, 0.6) is 0 Å². The Morgan fingerprint density at radius 1 is 0.400 bits per heavy atom. The first-order valence-electron chi connectivity index (χ1n) is 33.1. The van der Waals surface area contributed by atoms with Gasteiger partial charge in [0.2, 0.25) is 0 Å². The molecule has 0 saturated carbocycles. The molecule has 0 spiro atoms. The van der Waals surface area contributed by atoms with Crippen LogP contribution in [0, 0.1) is 0 Å². The molecule has 0 atom stereocenters. The van der Waals surface area contributed by atoms with Crippen molar-refractivity contribution in [1.29, 1.82) is 0 Å². The highest BCUT2D eigenvalue weighted by molar-refractivity contribution is 5.96. The molecule has 3 aliphatic rings. The van der Waals surface area contributed by atoms with Crippen molar-refractivity contribution in [2.24, 2.45) is 0 Å². The Labute approximate surface area is 575 Å². The lowest BCUT2D eigenvalue weighted by atomic mass is 10.1. The first kappa shape index (κ1) is 67.9. The standard InChI is InChI=1S/C28H29N5O4.C24H23N5O2.C24H22N4O2.CH2O/c1-28(2,3)37-27(36)32-14-12-31(13-15-32)26(35)19-8-10-22(11-9-19)33-18-21(17-29-33)23-16-20-6-4-5-7-24(20)30-25(23)34;1-27-10-12-28(13-11-27)24(31)17-6-8-20(9-7-17)29-16-19(15-25-29)21-14-18-4-2-3-5-22(18)26-23(21)30;29-23-21(14-18-6-2-3-7-22(18)26-23)19-15-25-28(16-19)20-10-8-17(9-11-20)24(30)27-12-4-1-5-13-27;1-2/h4-11,16-18H,12-15H2,1-3H3,(H,30,34);2-9,14-16H,10-13H2,1H3,(H,26,30);2-3,6-11,14-16H,1,4-5,12-13H2,(H,26,29);1H2. The van der Waals surface area contributed by atoms with E-state index in [2.05, 4.69) is 42.2 Å². The van der Waals surface area contributed by atoms with E-state index in [1.54, 1.807) is 60.8 Å². The molecule has 9 heterocycles. The molecule has 6 aromatic heterocycles. The van der Waals surface area contributed by atoms with Crippen molar-refractivity contribution < 1.29 is 28.7 Å². The van der Waals surface area contributed by atoms with Crippen LogP contribution in [0.1, 0.15) is 71.1 Å². The number of nitrogens with one attached hydrogen (secondary N) is 3.